The van der Waals surface area contributed by atoms with Gasteiger partial charge in [-0.05, 0) is 42.2 Å². The highest BCUT2D eigenvalue weighted by Crippen LogP contribution is 2.18. The van der Waals surface area contributed by atoms with Crippen LogP contribution in [-0.4, -0.2) is 17.1 Å². The Labute approximate surface area is 153 Å². The van der Waals surface area contributed by atoms with Crippen LogP contribution in [0.15, 0.2) is 67.0 Å². The zero-order valence-corrected chi connectivity index (χ0v) is 14.7. The van der Waals surface area contributed by atoms with Crippen LogP contribution in [-0.2, 0) is 17.7 Å². The average molecular weight is 344 g/mol. The van der Waals surface area contributed by atoms with Crippen LogP contribution in [0.4, 0.5) is 0 Å². The molecule has 0 unspecified atom stereocenters. The number of benzene rings is 2. The Morgan fingerprint density at radius 2 is 1.77 bits per heavy atom. The first-order valence-corrected chi connectivity index (χ1v) is 8.58. The van der Waals surface area contributed by atoms with Crippen molar-refractivity contribution in [2.45, 2.75) is 19.9 Å². The molecule has 4 heteroatoms. The van der Waals surface area contributed by atoms with Gasteiger partial charge in [-0.1, -0.05) is 42.5 Å². The molecule has 0 bridgehead atoms. The average Bonchev–Trinajstić information content (AvgIpc) is 3.05. The summed E-state index contributed by atoms with van der Waals surface area (Å²) in [5.41, 5.74) is 4.40. The van der Waals surface area contributed by atoms with E-state index in [2.05, 4.69) is 6.07 Å². The number of esters is 1. The van der Waals surface area contributed by atoms with Gasteiger partial charge in [0.2, 0.25) is 0 Å². The normalized spacial score (nSPS) is 10.3. The third-order valence-electron chi connectivity index (χ3n) is 4.14. The van der Waals surface area contributed by atoms with Gasteiger partial charge in [-0.2, -0.15) is 5.26 Å². The largest absolute Gasteiger partial charge is 0.462 e. The summed E-state index contributed by atoms with van der Waals surface area (Å²) in [6.07, 6.45) is 4.52. The number of carbonyl (C=O) groups is 1. The summed E-state index contributed by atoms with van der Waals surface area (Å²) in [6, 6.07) is 19.6. The lowest BCUT2D eigenvalue weighted by Crippen LogP contribution is -2.06. The van der Waals surface area contributed by atoms with Gasteiger partial charge < -0.3 is 9.30 Å². The standard InChI is InChI=1S/C22H20N2O2/c1-2-26-22(25)21-16-24(14-19-10-8-18(13-23)9-11-19)15-20(21)12-17-6-4-3-5-7-17/h3-11,15-16H,2,12,14H2,1H3. The summed E-state index contributed by atoms with van der Waals surface area (Å²) in [5, 5.41) is 8.90. The number of ether oxygens (including phenoxy) is 1. The van der Waals surface area contributed by atoms with E-state index in [0.29, 0.717) is 30.7 Å². The summed E-state index contributed by atoms with van der Waals surface area (Å²) >= 11 is 0. The Balaban J connectivity index is 1.87. The Morgan fingerprint density at radius 3 is 2.42 bits per heavy atom. The first-order valence-electron chi connectivity index (χ1n) is 8.58. The Bertz CT molecular complexity index is 919. The van der Waals surface area contributed by atoms with Crippen LogP contribution in [0.5, 0.6) is 0 Å². The molecule has 0 N–H and O–H groups in total. The SMILES string of the molecule is CCOC(=O)c1cn(Cc2ccc(C#N)cc2)cc1Cc1ccccc1. The van der Waals surface area contributed by atoms with E-state index in [0.717, 1.165) is 16.7 Å². The second kappa shape index (κ2) is 8.17. The second-order valence-electron chi connectivity index (χ2n) is 6.06. The van der Waals surface area contributed by atoms with E-state index in [1.165, 1.54) is 0 Å². The van der Waals surface area contributed by atoms with Crippen LogP contribution < -0.4 is 0 Å². The summed E-state index contributed by atoms with van der Waals surface area (Å²) < 4.78 is 7.20. The maximum absolute atomic E-state index is 12.3. The first kappa shape index (κ1) is 17.5. The lowest BCUT2D eigenvalue weighted by atomic mass is 10.0. The quantitative estimate of drug-likeness (QED) is 0.631. The highest BCUT2D eigenvalue weighted by molar-refractivity contribution is 5.91. The summed E-state index contributed by atoms with van der Waals surface area (Å²) in [6.45, 7) is 2.79. The maximum atomic E-state index is 12.3. The molecular formula is C22H20N2O2. The molecule has 0 amide bonds. The minimum atomic E-state index is -0.294. The van der Waals surface area contributed by atoms with Crippen LogP contribution >= 0.6 is 0 Å². The Kier molecular flexibility index (Phi) is 5.50. The number of aromatic nitrogens is 1. The Hall–Kier alpha value is -3.32. The number of nitriles is 1. The summed E-state index contributed by atoms with van der Waals surface area (Å²) in [4.78, 5) is 12.3. The molecule has 2 aromatic carbocycles. The first-order chi connectivity index (χ1) is 12.7. The fraction of sp³-hybridized carbons (Fsp3) is 0.182. The summed E-state index contributed by atoms with van der Waals surface area (Å²) in [5.74, 6) is -0.294. The number of hydrogen-bond acceptors (Lipinski definition) is 3. The fourth-order valence-electron chi connectivity index (χ4n) is 2.89. The third-order valence-corrected chi connectivity index (χ3v) is 4.14. The zero-order chi connectivity index (χ0) is 18.4. The molecule has 0 atom stereocenters. The molecule has 4 nitrogen and oxygen atoms in total. The van der Waals surface area contributed by atoms with Crippen LogP contribution in [0, 0.1) is 11.3 Å². The highest BCUT2D eigenvalue weighted by atomic mass is 16.5. The van der Waals surface area contributed by atoms with Gasteiger partial charge in [-0.15, -0.1) is 0 Å². The summed E-state index contributed by atoms with van der Waals surface area (Å²) in [7, 11) is 0. The van der Waals surface area contributed by atoms with Crippen LogP contribution in [0.1, 0.15) is 39.5 Å². The predicted molar refractivity (Wildman–Crippen MR) is 99.9 cm³/mol. The van der Waals surface area contributed by atoms with Gasteiger partial charge in [0.15, 0.2) is 0 Å². The molecule has 0 radical (unpaired) electrons. The molecule has 0 spiro atoms. The van der Waals surface area contributed by atoms with Crippen LogP contribution in [0.3, 0.4) is 0 Å². The lowest BCUT2D eigenvalue weighted by Gasteiger charge is -2.03. The smallest absolute Gasteiger partial charge is 0.339 e. The predicted octanol–water partition coefficient (Wildman–Crippen LogP) is 4.18. The molecule has 0 saturated carbocycles. The molecule has 3 rings (SSSR count). The Morgan fingerprint density at radius 1 is 1.04 bits per heavy atom. The lowest BCUT2D eigenvalue weighted by molar-refractivity contribution is 0.0525. The van der Waals surface area contributed by atoms with Crippen molar-refractivity contribution in [2.75, 3.05) is 6.61 Å². The minimum Gasteiger partial charge on any atom is -0.462 e. The van der Waals surface area contributed by atoms with Crippen LogP contribution in [0.2, 0.25) is 0 Å². The van der Waals surface area contributed by atoms with Gasteiger partial charge in [0, 0.05) is 18.9 Å². The van der Waals surface area contributed by atoms with E-state index in [1.807, 2.05) is 66.3 Å². The van der Waals surface area contributed by atoms with Crippen molar-refractivity contribution < 1.29 is 9.53 Å². The van der Waals surface area contributed by atoms with Crippen molar-refractivity contribution >= 4 is 5.97 Å². The third kappa shape index (κ3) is 4.20. The molecule has 0 aliphatic heterocycles. The zero-order valence-electron chi connectivity index (χ0n) is 14.7. The van der Waals surface area contributed by atoms with Gasteiger partial charge in [0.1, 0.15) is 0 Å². The molecule has 26 heavy (non-hydrogen) atoms. The van der Waals surface area contributed by atoms with Crippen molar-refractivity contribution in [3.63, 3.8) is 0 Å². The second-order valence-corrected chi connectivity index (χ2v) is 6.06. The van der Waals surface area contributed by atoms with Gasteiger partial charge in [-0.3, -0.25) is 0 Å². The van der Waals surface area contributed by atoms with E-state index in [4.69, 9.17) is 10.00 Å². The number of nitrogens with zero attached hydrogens (tertiary/aromatic N) is 2. The molecule has 0 saturated heterocycles. The van der Waals surface area contributed by atoms with Crippen molar-refractivity contribution in [1.29, 1.82) is 5.26 Å². The molecule has 0 aliphatic rings. The van der Waals surface area contributed by atoms with Crippen molar-refractivity contribution in [2.24, 2.45) is 0 Å². The molecule has 0 aliphatic carbocycles. The number of carbonyl (C=O) groups excluding carboxylic acids is 1. The van der Waals surface area contributed by atoms with E-state index in [9.17, 15) is 4.79 Å². The van der Waals surface area contributed by atoms with E-state index >= 15 is 0 Å². The van der Waals surface area contributed by atoms with Crippen LogP contribution in [0.25, 0.3) is 0 Å². The maximum Gasteiger partial charge on any atom is 0.339 e. The highest BCUT2D eigenvalue weighted by Gasteiger charge is 2.16. The van der Waals surface area contributed by atoms with E-state index in [1.54, 1.807) is 12.1 Å². The molecule has 3 aromatic rings. The van der Waals surface area contributed by atoms with Gasteiger partial charge in [0.05, 0.1) is 23.8 Å². The number of rotatable bonds is 6. The molecular weight excluding hydrogens is 324 g/mol. The number of hydrogen-bond donors (Lipinski definition) is 0. The van der Waals surface area contributed by atoms with Gasteiger partial charge >= 0.3 is 5.97 Å². The molecule has 130 valence electrons. The van der Waals surface area contributed by atoms with E-state index < -0.39 is 0 Å². The molecule has 1 heterocycles. The molecule has 1 aromatic heterocycles. The van der Waals surface area contributed by atoms with Crippen molar-refractivity contribution in [3.05, 3.63) is 94.8 Å². The van der Waals surface area contributed by atoms with Crippen molar-refractivity contribution in [3.8, 4) is 6.07 Å². The van der Waals surface area contributed by atoms with E-state index in [-0.39, 0.29) is 5.97 Å². The van der Waals surface area contributed by atoms with Crippen molar-refractivity contribution in [1.82, 2.24) is 4.57 Å². The fourth-order valence-corrected chi connectivity index (χ4v) is 2.89. The topological polar surface area (TPSA) is 55.0 Å². The van der Waals surface area contributed by atoms with Gasteiger partial charge in [0.25, 0.3) is 0 Å². The monoisotopic (exact) mass is 344 g/mol. The molecule has 0 fully saturated rings. The minimum absolute atomic E-state index is 0.294. The van der Waals surface area contributed by atoms with Gasteiger partial charge in [-0.25, -0.2) is 4.79 Å².